The van der Waals surface area contributed by atoms with E-state index in [1.54, 1.807) is 7.11 Å². The van der Waals surface area contributed by atoms with Gasteiger partial charge in [-0.05, 0) is 19.1 Å². The fourth-order valence-electron chi connectivity index (χ4n) is 1.99. The maximum Gasteiger partial charge on any atom is 0.250 e. The Kier molecular flexibility index (Phi) is 4.65. The number of aromatic nitrogens is 1. The summed E-state index contributed by atoms with van der Waals surface area (Å²) in [5.74, 6) is 0.705. The highest BCUT2D eigenvalue weighted by Gasteiger charge is 2.14. The van der Waals surface area contributed by atoms with Crippen LogP contribution in [0.4, 0.5) is 5.82 Å². The quantitative estimate of drug-likeness (QED) is 0.890. The van der Waals surface area contributed by atoms with Gasteiger partial charge >= 0.3 is 0 Å². The fourth-order valence-corrected chi connectivity index (χ4v) is 2.21. The van der Waals surface area contributed by atoms with Gasteiger partial charge in [0.1, 0.15) is 11.6 Å². The zero-order valence-corrected chi connectivity index (χ0v) is 12.5. The summed E-state index contributed by atoms with van der Waals surface area (Å²) < 4.78 is 5.33. The van der Waals surface area contributed by atoms with Crippen molar-refractivity contribution in [2.45, 2.75) is 13.0 Å². The molecule has 2 aromatic rings. The number of nitrogens with zero attached hydrogens (tertiary/aromatic N) is 1. The molecule has 2 rings (SSSR count). The first-order chi connectivity index (χ1) is 10.0. The number of amides is 1. The lowest BCUT2D eigenvalue weighted by atomic mass is 10.1. The monoisotopic (exact) mass is 305 g/mol. The number of ether oxygens (including phenoxy) is 1. The summed E-state index contributed by atoms with van der Waals surface area (Å²) in [5, 5.41) is 3.53. The fraction of sp³-hybridized carbons (Fsp3) is 0.200. The summed E-state index contributed by atoms with van der Waals surface area (Å²) in [6.45, 7) is 1.97. The number of hydrogen-bond donors (Lipinski definition) is 2. The Labute approximate surface area is 128 Å². The van der Waals surface area contributed by atoms with Crippen LogP contribution in [-0.2, 0) is 0 Å². The number of methoxy groups -OCH3 is 1. The lowest BCUT2D eigenvalue weighted by Crippen LogP contribution is -2.13. The third-order valence-electron chi connectivity index (χ3n) is 3.08. The van der Waals surface area contributed by atoms with Gasteiger partial charge in [0.2, 0.25) is 5.91 Å². The average Bonchev–Trinajstić information content (AvgIpc) is 2.48. The molecule has 1 heterocycles. The second-order valence-corrected chi connectivity index (χ2v) is 4.93. The van der Waals surface area contributed by atoms with Crippen molar-refractivity contribution < 1.29 is 9.53 Å². The highest BCUT2D eigenvalue weighted by molar-refractivity contribution is 6.33. The first-order valence-corrected chi connectivity index (χ1v) is 6.75. The highest BCUT2D eigenvalue weighted by atomic mass is 35.5. The highest BCUT2D eigenvalue weighted by Crippen LogP contribution is 2.29. The van der Waals surface area contributed by atoms with Crippen molar-refractivity contribution in [2.75, 3.05) is 12.4 Å². The van der Waals surface area contributed by atoms with Gasteiger partial charge in [0, 0.05) is 11.8 Å². The number of benzene rings is 1. The predicted molar refractivity (Wildman–Crippen MR) is 82.8 cm³/mol. The number of halogens is 1. The minimum atomic E-state index is -0.561. The number of carbonyl (C=O) groups is 1. The normalized spacial score (nSPS) is 11.8. The molecule has 0 bridgehead atoms. The van der Waals surface area contributed by atoms with Gasteiger partial charge in [0.15, 0.2) is 0 Å². The Morgan fingerprint density at radius 2 is 2.14 bits per heavy atom. The molecule has 21 heavy (non-hydrogen) atoms. The van der Waals surface area contributed by atoms with Gasteiger partial charge in [0.25, 0.3) is 0 Å². The van der Waals surface area contributed by atoms with Gasteiger partial charge in [-0.3, -0.25) is 4.79 Å². The molecule has 0 saturated carbocycles. The largest absolute Gasteiger partial charge is 0.496 e. The van der Waals surface area contributed by atoms with Crippen LogP contribution in [0.1, 0.15) is 28.9 Å². The van der Waals surface area contributed by atoms with Crippen LogP contribution in [0.5, 0.6) is 5.75 Å². The molecule has 1 aromatic carbocycles. The molecule has 0 aliphatic heterocycles. The van der Waals surface area contributed by atoms with Crippen molar-refractivity contribution in [2.24, 2.45) is 5.73 Å². The van der Waals surface area contributed by atoms with Crippen molar-refractivity contribution in [1.29, 1.82) is 0 Å². The number of anilines is 1. The molecule has 1 atom stereocenters. The molecular formula is C15H16ClN3O2. The van der Waals surface area contributed by atoms with Crippen LogP contribution in [0.15, 0.2) is 36.5 Å². The lowest BCUT2D eigenvalue weighted by Gasteiger charge is -2.18. The second-order valence-electron chi connectivity index (χ2n) is 4.53. The third kappa shape index (κ3) is 3.44. The van der Waals surface area contributed by atoms with Crippen LogP contribution in [0, 0.1) is 0 Å². The van der Waals surface area contributed by atoms with E-state index in [9.17, 15) is 4.79 Å². The molecule has 1 amide bonds. The molecule has 5 nitrogen and oxygen atoms in total. The summed E-state index contributed by atoms with van der Waals surface area (Å²) in [4.78, 5) is 15.2. The molecule has 3 N–H and O–H groups in total. The summed E-state index contributed by atoms with van der Waals surface area (Å²) in [6, 6.07) is 9.11. The van der Waals surface area contributed by atoms with Gasteiger partial charge in [-0.1, -0.05) is 29.8 Å². The SMILES string of the molecule is COc1ccccc1[C@H](C)Nc1ncc(C(N)=O)cc1Cl. The topological polar surface area (TPSA) is 77.2 Å². The second kappa shape index (κ2) is 6.45. The van der Waals surface area contributed by atoms with Gasteiger partial charge in [-0.25, -0.2) is 4.98 Å². The number of primary amides is 1. The number of nitrogens with two attached hydrogens (primary N) is 1. The van der Waals surface area contributed by atoms with E-state index in [4.69, 9.17) is 22.1 Å². The maximum atomic E-state index is 11.1. The van der Waals surface area contributed by atoms with E-state index in [-0.39, 0.29) is 11.6 Å². The molecule has 6 heteroatoms. The van der Waals surface area contributed by atoms with Gasteiger partial charge in [-0.15, -0.1) is 0 Å². The number of pyridine rings is 1. The van der Waals surface area contributed by atoms with Gasteiger partial charge in [0.05, 0.1) is 23.7 Å². The summed E-state index contributed by atoms with van der Waals surface area (Å²) in [7, 11) is 1.62. The molecule has 0 spiro atoms. The Hall–Kier alpha value is -2.27. The molecule has 0 radical (unpaired) electrons. The Balaban J connectivity index is 2.23. The number of rotatable bonds is 5. The van der Waals surface area contributed by atoms with E-state index in [0.717, 1.165) is 11.3 Å². The van der Waals surface area contributed by atoms with E-state index < -0.39 is 5.91 Å². The minimum absolute atomic E-state index is 0.0643. The molecule has 1 aromatic heterocycles. The molecule has 0 aliphatic carbocycles. The van der Waals surface area contributed by atoms with Crippen molar-refractivity contribution in [3.05, 3.63) is 52.7 Å². The molecule has 0 fully saturated rings. The van der Waals surface area contributed by atoms with Crippen LogP contribution < -0.4 is 15.8 Å². The Morgan fingerprint density at radius 3 is 2.76 bits per heavy atom. The predicted octanol–water partition coefficient (Wildman–Crippen LogP) is 3.02. The number of nitrogens with one attached hydrogen (secondary N) is 1. The summed E-state index contributed by atoms with van der Waals surface area (Å²) in [5.41, 5.74) is 6.45. The zero-order valence-electron chi connectivity index (χ0n) is 11.8. The number of hydrogen-bond acceptors (Lipinski definition) is 4. The number of carbonyl (C=O) groups excluding carboxylic acids is 1. The van der Waals surface area contributed by atoms with E-state index in [1.807, 2.05) is 31.2 Å². The molecule has 0 aliphatic rings. The molecular weight excluding hydrogens is 290 g/mol. The Bertz CT molecular complexity index is 661. The first kappa shape index (κ1) is 15.1. The standard InChI is InChI=1S/C15H16ClN3O2/c1-9(11-5-3-4-6-13(11)21-2)19-15-12(16)7-10(8-18-15)14(17)20/h3-9H,1-2H3,(H2,17,20)(H,18,19)/t9-/m0/s1. The van der Waals surface area contributed by atoms with Crippen molar-refractivity contribution >= 4 is 23.3 Å². The van der Waals surface area contributed by atoms with Crippen LogP contribution >= 0.6 is 11.6 Å². The van der Waals surface area contributed by atoms with E-state index in [0.29, 0.717) is 10.8 Å². The van der Waals surface area contributed by atoms with Crippen LogP contribution in [0.25, 0.3) is 0 Å². The van der Waals surface area contributed by atoms with E-state index >= 15 is 0 Å². The minimum Gasteiger partial charge on any atom is -0.496 e. The van der Waals surface area contributed by atoms with Crippen LogP contribution in [0.2, 0.25) is 5.02 Å². The average molecular weight is 306 g/mol. The molecule has 110 valence electrons. The van der Waals surface area contributed by atoms with Gasteiger partial charge in [-0.2, -0.15) is 0 Å². The van der Waals surface area contributed by atoms with Gasteiger partial charge < -0.3 is 15.8 Å². The summed E-state index contributed by atoms with van der Waals surface area (Å²) in [6.07, 6.45) is 1.39. The Morgan fingerprint density at radius 1 is 1.43 bits per heavy atom. The van der Waals surface area contributed by atoms with Crippen molar-refractivity contribution in [3.63, 3.8) is 0 Å². The van der Waals surface area contributed by atoms with Crippen LogP contribution in [0.3, 0.4) is 0 Å². The maximum absolute atomic E-state index is 11.1. The van der Waals surface area contributed by atoms with Crippen LogP contribution in [-0.4, -0.2) is 18.0 Å². The number of para-hydroxylation sites is 1. The third-order valence-corrected chi connectivity index (χ3v) is 3.37. The zero-order chi connectivity index (χ0) is 15.4. The van der Waals surface area contributed by atoms with E-state index in [1.165, 1.54) is 12.3 Å². The van der Waals surface area contributed by atoms with Crippen molar-refractivity contribution in [3.8, 4) is 5.75 Å². The van der Waals surface area contributed by atoms with Crippen molar-refractivity contribution in [1.82, 2.24) is 4.98 Å². The first-order valence-electron chi connectivity index (χ1n) is 6.37. The molecule has 0 saturated heterocycles. The van der Waals surface area contributed by atoms with E-state index in [2.05, 4.69) is 10.3 Å². The molecule has 0 unspecified atom stereocenters. The smallest absolute Gasteiger partial charge is 0.250 e. The lowest BCUT2D eigenvalue weighted by molar-refractivity contribution is 0.1000. The summed E-state index contributed by atoms with van der Waals surface area (Å²) >= 11 is 6.11.